The van der Waals surface area contributed by atoms with Gasteiger partial charge in [0.25, 0.3) is 5.91 Å². The van der Waals surface area contributed by atoms with Crippen molar-refractivity contribution < 1.29 is 23.7 Å². The molecule has 1 amide bonds. The topological polar surface area (TPSA) is 66.0 Å². The van der Waals surface area contributed by atoms with Crippen LogP contribution in [0.5, 0.6) is 23.0 Å². The zero-order valence-corrected chi connectivity index (χ0v) is 15.9. The van der Waals surface area contributed by atoms with Crippen molar-refractivity contribution in [2.45, 2.75) is 19.4 Å². The summed E-state index contributed by atoms with van der Waals surface area (Å²) in [6, 6.07) is 10.8. The van der Waals surface area contributed by atoms with Gasteiger partial charge in [0.15, 0.2) is 23.0 Å². The lowest BCUT2D eigenvalue weighted by molar-refractivity contribution is 0.0950. The molecule has 1 fully saturated rings. The number of methoxy groups -OCH3 is 3. The summed E-state index contributed by atoms with van der Waals surface area (Å²) >= 11 is 0. The lowest BCUT2D eigenvalue weighted by Gasteiger charge is -2.13. The normalized spacial score (nSPS) is 13.0. The van der Waals surface area contributed by atoms with Crippen LogP contribution in [-0.2, 0) is 6.54 Å². The first-order valence-corrected chi connectivity index (χ1v) is 8.94. The minimum atomic E-state index is -0.177. The molecule has 0 unspecified atom stereocenters. The van der Waals surface area contributed by atoms with E-state index in [9.17, 15) is 4.79 Å². The van der Waals surface area contributed by atoms with E-state index in [1.54, 1.807) is 39.5 Å². The second-order valence-corrected chi connectivity index (χ2v) is 6.49. The molecule has 1 aliphatic rings. The zero-order chi connectivity index (χ0) is 19.2. The molecule has 0 radical (unpaired) electrons. The van der Waals surface area contributed by atoms with Crippen molar-refractivity contribution >= 4 is 5.91 Å². The summed E-state index contributed by atoms with van der Waals surface area (Å²) < 4.78 is 21.7. The van der Waals surface area contributed by atoms with E-state index in [4.69, 9.17) is 18.9 Å². The van der Waals surface area contributed by atoms with Gasteiger partial charge in [-0.1, -0.05) is 6.07 Å². The highest BCUT2D eigenvalue weighted by Crippen LogP contribution is 2.33. The molecule has 27 heavy (non-hydrogen) atoms. The second kappa shape index (κ2) is 8.66. The molecule has 2 aromatic carbocycles. The highest BCUT2D eigenvalue weighted by molar-refractivity contribution is 5.94. The standard InChI is InChI=1S/C21H25NO5/c1-24-17-8-6-15(10-19(17)26-3)12-22-21(23)16-7-9-18(25-2)20(11-16)27-13-14-4-5-14/h6-11,14H,4-5,12-13H2,1-3H3,(H,22,23). The Morgan fingerprint density at radius 2 is 1.59 bits per heavy atom. The lowest BCUT2D eigenvalue weighted by Crippen LogP contribution is -2.22. The highest BCUT2D eigenvalue weighted by atomic mass is 16.5. The number of amides is 1. The Hall–Kier alpha value is -2.89. The molecule has 6 nitrogen and oxygen atoms in total. The van der Waals surface area contributed by atoms with E-state index < -0.39 is 0 Å². The van der Waals surface area contributed by atoms with Crippen LogP contribution in [0, 0.1) is 5.92 Å². The van der Waals surface area contributed by atoms with Gasteiger partial charge in [-0.25, -0.2) is 0 Å². The van der Waals surface area contributed by atoms with Crippen LogP contribution >= 0.6 is 0 Å². The van der Waals surface area contributed by atoms with Crippen molar-refractivity contribution in [1.82, 2.24) is 5.32 Å². The van der Waals surface area contributed by atoms with Gasteiger partial charge in [-0.05, 0) is 54.7 Å². The van der Waals surface area contributed by atoms with Gasteiger partial charge in [0.05, 0.1) is 27.9 Å². The van der Waals surface area contributed by atoms with Crippen LogP contribution < -0.4 is 24.3 Å². The number of hydrogen-bond acceptors (Lipinski definition) is 5. The van der Waals surface area contributed by atoms with Crippen molar-refractivity contribution in [2.75, 3.05) is 27.9 Å². The Morgan fingerprint density at radius 1 is 0.926 bits per heavy atom. The van der Waals surface area contributed by atoms with Crippen molar-refractivity contribution in [3.05, 3.63) is 47.5 Å². The van der Waals surface area contributed by atoms with Crippen molar-refractivity contribution in [1.29, 1.82) is 0 Å². The molecule has 6 heteroatoms. The number of ether oxygens (including phenoxy) is 4. The summed E-state index contributed by atoms with van der Waals surface area (Å²) in [5.74, 6) is 2.96. The molecule has 0 heterocycles. The van der Waals surface area contributed by atoms with Gasteiger partial charge in [0, 0.05) is 12.1 Å². The molecule has 0 atom stereocenters. The fraction of sp³-hybridized carbons (Fsp3) is 0.381. The summed E-state index contributed by atoms with van der Waals surface area (Å²) in [7, 11) is 4.77. The summed E-state index contributed by atoms with van der Waals surface area (Å²) in [5, 5.41) is 2.91. The molecule has 1 aliphatic carbocycles. The average Bonchev–Trinajstić information content (AvgIpc) is 3.54. The van der Waals surface area contributed by atoms with Crippen LogP contribution in [0.2, 0.25) is 0 Å². The third kappa shape index (κ3) is 4.84. The predicted molar refractivity (Wildman–Crippen MR) is 102 cm³/mol. The second-order valence-electron chi connectivity index (χ2n) is 6.49. The summed E-state index contributed by atoms with van der Waals surface area (Å²) in [6.07, 6.45) is 2.40. The number of benzene rings is 2. The molecule has 2 aromatic rings. The molecular weight excluding hydrogens is 346 g/mol. The summed E-state index contributed by atoms with van der Waals surface area (Å²) in [6.45, 7) is 1.04. The van der Waals surface area contributed by atoms with Crippen LogP contribution in [0.4, 0.5) is 0 Å². The fourth-order valence-electron chi connectivity index (χ4n) is 2.70. The molecule has 1 N–H and O–H groups in total. The lowest BCUT2D eigenvalue weighted by atomic mass is 10.1. The Morgan fingerprint density at radius 3 is 2.26 bits per heavy atom. The molecule has 0 saturated heterocycles. The van der Waals surface area contributed by atoms with Crippen LogP contribution in [0.1, 0.15) is 28.8 Å². The van der Waals surface area contributed by atoms with Crippen molar-refractivity contribution in [3.63, 3.8) is 0 Å². The van der Waals surface area contributed by atoms with Gasteiger partial charge >= 0.3 is 0 Å². The molecule has 144 valence electrons. The van der Waals surface area contributed by atoms with E-state index in [-0.39, 0.29) is 5.91 Å². The van der Waals surface area contributed by atoms with E-state index in [0.29, 0.717) is 47.6 Å². The van der Waals surface area contributed by atoms with Crippen molar-refractivity contribution in [2.24, 2.45) is 5.92 Å². The van der Waals surface area contributed by atoms with Crippen LogP contribution in [0.25, 0.3) is 0 Å². The van der Waals surface area contributed by atoms with Gasteiger partial charge in [0.1, 0.15) is 0 Å². The molecule has 0 bridgehead atoms. The number of rotatable bonds is 9. The van der Waals surface area contributed by atoms with Crippen LogP contribution in [0.3, 0.4) is 0 Å². The molecule has 3 rings (SSSR count). The van der Waals surface area contributed by atoms with Gasteiger partial charge in [0.2, 0.25) is 0 Å². The summed E-state index contributed by atoms with van der Waals surface area (Å²) in [4.78, 5) is 12.5. The van der Waals surface area contributed by atoms with Crippen molar-refractivity contribution in [3.8, 4) is 23.0 Å². The number of carbonyl (C=O) groups is 1. The maximum atomic E-state index is 12.5. The number of hydrogen-bond donors (Lipinski definition) is 1. The number of nitrogens with one attached hydrogen (secondary N) is 1. The quantitative estimate of drug-likeness (QED) is 0.732. The molecular formula is C21H25NO5. The maximum absolute atomic E-state index is 12.5. The Labute approximate surface area is 159 Å². The smallest absolute Gasteiger partial charge is 0.251 e. The Balaban J connectivity index is 1.65. The molecule has 0 spiro atoms. The van der Waals surface area contributed by atoms with E-state index in [0.717, 1.165) is 5.56 Å². The Bertz CT molecular complexity index is 801. The van der Waals surface area contributed by atoms with E-state index >= 15 is 0 Å². The maximum Gasteiger partial charge on any atom is 0.251 e. The number of carbonyl (C=O) groups excluding carboxylic acids is 1. The third-order valence-corrected chi connectivity index (χ3v) is 4.50. The van der Waals surface area contributed by atoms with E-state index in [1.165, 1.54) is 12.8 Å². The molecule has 0 aliphatic heterocycles. The van der Waals surface area contributed by atoms with E-state index in [1.807, 2.05) is 18.2 Å². The Kier molecular flexibility index (Phi) is 6.06. The first-order chi connectivity index (χ1) is 13.1. The first kappa shape index (κ1) is 18.9. The first-order valence-electron chi connectivity index (χ1n) is 8.94. The minimum absolute atomic E-state index is 0.177. The van der Waals surface area contributed by atoms with Gasteiger partial charge < -0.3 is 24.3 Å². The molecule has 0 aromatic heterocycles. The fourth-order valence-corrected chi connectivity index (χ4v) is 2.70. The van der Waals surface area contributed by atoms with Gasteiger partial charge in [-0.3, -0.25) is 4.79 Å². The van der Waals surface area contributed by atoms with E-state index in [2.05, 4.69) is 5.32 Å². The van der Waals surface area contributed by atoms with Crippen LogP contribution in [0.15, 0.2) is 36.4 Å². The molecule has 1 saturated carbocycles. The zero-order valence-electron chi connectivity index (χ0n) is 15.9. The van der Waals surface area contributed by atoms with Gasteiger partial charge in [-0.2, -0.15) is 0 Å². The van der Waals surface area contributed by atoms with Crippen LogP contribution in [-0.4, -0.2) is 33.8 Å². The summed E-state index contributed by atoms with van der Waals surface area (Å²) in [5.41, 5.74) is 1.45. The monoisotopic (exact) mass is 371 g/mol. The SMILES string of the molecule is COc1ccc(CNC(=O)c2ccc(OC)c(OCC3CC3)c2)cc1OC. The highest BCUT2D eigenvalue weighted by Gasteiger charge is 2.23. The minimum Gasteiger partial charge on any atom is -0.493 e. The predicted octanol–water partition coefficient (Wildman–Crippen LogP) is 3.43. The third-order valence-electron chi connectivity index (χ3n) is 4.50. The average molecular weight is 371 g/mol. The largest absolute Gasteiger partial charge is 0.493 e. The van der Waals surface area contributed by atoms with Gasteiger partial charge in [-0.15, -0.1) is 0 Å².